The minimum Gasteiger partial charge on any atom is -0.311 e. The van der Waals surface area contributed by atoms with Crippen molar-refractivity contribution >= 4 is 11.8 Å². The number of piperazine rings is 1. The monoisotopic (exact) mass is 214 g/mol. The molecule has 2 fully saturated rings. The maximum Gasteiger partial charge on any atom is 0.0224 e. The Bertz CT molecular complexity index is 182. The topological polar surface area (TPSA) is 15.3 Å². The van der Waals surface area contributed by atoms with E-state index >= 15 is 0 Å². The van der Waals surface area contributed by atoms with Crippen LogP contribution in [0, 0.1) is 5.92 Å². The molecule has 1 saturated carbocycles. The minimum absolute atomic E-state index is 0.733. The van der Waals surface area contributed by atoms with E-state index in [-0.39, 0.29) is 0 Å². The highest BCUT2D eigenvalue weighted by Gasteiger charge is 2.35. The summed E-state index contributed by atoms with van der Waals surface area (Å²) in [5.74, 6) is 2.28. The van der Waals surface area contributed by atoms with E-state index in [1.807, 2.05) is 11.8 Å². The lowest BCUT2D eigenvalue weighted by molar-refractivity contribution is 0.141. The maximum absolute atomic E-state index is 3.69. The quantitative estimate of drug-likeness (QED) is 0.762. The zero-order valence-corrected chi connectivity index (χ0v) is 10.1. The first kappa shape index (κ1) is 10.8. The summed E-state index contributed by atoms with van der Waals surface area (Å²) in [4.78, 5) is 2.66. The maximum atomic E-state index is 3.69. The average molecular weight is 214 g/mol. The summed E-state index contributed by atoms with van der Waals surface area (Å²) in [5, 5.41) is 3.69. The van der Waals surface area contributed by atoms with Gasteiger partial charge in [0.05, 0.1) is 0 Å². The van der Waals surface area contributed by atoms with Gasteiger partial charge in [0.25, 0.3) is 0 Å². The van der Waals surface area contributed by atoms with Crippen molar-refractivity contribution in [2.24, 2.45) is 5.92 Å². The van der Waals surface area contributed by atoms with E-state index in [9.17, 15) is 0 Å². The van der Waals surface area contributed by atoms with Crippen molar-refractivity contribution in [3.8, 4) is 0 Å². The van der Waals surface area contributed by atoms with Crippen LogP contribution in [-0.2, 0) is 0 Å². The second-order valence-electron chi connectivity index (χ2n) is 4.69. The molecule has 1 aliphatic heterocycles. The van der Waals surface area contributed by atoms with Crippen molar-refractivity contribution in [2.75, 3.05) is 31.6 Å². The van der Waals surface area contributed by atoms with E-state index in [1.165, 1.54) is 38.2 Å². The zero-order valence-electron chi connectivity index (χ0n) is 9.33. The van der Waals surface area contributed by atoms with Crippen LogP contribution in [0.4, 0.5) is 0 Å². The first-order valence-corrected chi connectivity index (χ1v) is 7.17. The Labute approximate surface area is 91.8 Å². The third-order valence-corrected chi connectivity index (χ3v) is 4.09. The number of hydrogen-bond donors (Lipinski definition) is 1. The Morgan fingerprint density at radius 3 is 2.86 bits per heavy atom. The summed E-state index contributed by atoms with van der Waals surface area (Å²) in [5.41, 5.74) is 0. The number of thioether (sulfide) groups is 1. The summed E-state index contributed by atoms with van der Waals surface area (Å²) in [6.07, 6.45) is 5.12. The van der Waals surface area contributed by atoms with E-state index in [2.05, 4.69) is 23.4 Å². The molecule has 0 amide bonds. The second-order valence-corrected chi connectivity index (χ2v) is 5.67. The van der Waals surface area contributed by atoms with Gasteiger partial charge in [-0.15, -0.1) is 0 Å². The molecule has 2 rings (SSSR count). The molecule has 0 aromatic carbocycles. The third-order valence-electron chi connectivity index (χ3n) is 3.50. The van der Waals surface area contributed by atoms with Crippen LogP contribution in [0.5, 0.6) is 0 Å². The second kappa shape index (κ2) is 4.86. The molecule has 0 spiro atoms. The molecule has 1 aliphatic carbocycles. The van der Waals surface area contributed by atoms with Gasteiger partial charge in [0.15, 0.2) is 0 Å². The van der Waals surface area contributed by atoms with Crippen LogP contribution in [0.1, 0.15) is 19.8 Å². The molecule has 2 atom stereocenters. The Morgan fingerprint density at radius 1 is 1.43 bits per heavy atom. The van der Waals surface area contributed by atoms with Gasteiger partial charge < -0.3 is 5.32 Å². The van der Waals surface area contributed by atoms with E-state index < -0.39 is 0 Å². The summed E-state index contributed by atoms with van der Waals surface area (Å²) in [6, 6.07) is 1.53. The molecule has 0 radical (unpaired) electrons. The number of nitrogens with one attached hydrogen (secondary N) is 1. The fourth-order valence-electron chi connectivity index (χ4n) is 2.28. The van der Waals surface area contributed by atoms with Crippen LogP contribution < -0.4 is 5.32 Å². The van der Waals surface area contributed by atoms with Crippen molar-refractivity contribution < 1.29 is 0 Å². The molecule has 1 N–H and O–H groups in total. The first-order chi connectivity index (χ1) is 6.81. The summed E-state index contributed by atoms with van der Waals surface area (Å²) in [6.45, 7) is 6.09. The minimum atomic E-state index is 0.733. The molecular weight excluding hydrogens is 192 g/mol. The van der Waals surface area contributed by atoms with Gasteiger partial charge in [-0.2, -0.15) is 11.8 Å². The number of hydrogen-bond acceptors (Lipinski definition) is 3. The molecule has 2 nitrogen and oxygen atoms in total. The van der Waals surface area contributed by atoms with Crippen LogP contribution in [0.25, 0.3) is 0 Å². The smallest absolute Gasteiger partial charge is 0.0224 e. The molecule has 1 saturated heterocycles. The van der Waals surface area contributed by atoms with Crippen LogP contribution in [0.3, 0.4) is 0 Å². The van der Waals surface area contributed by atoms with Crippen molar-refractivity contribution in [3.63, 3.8) is 0 Å². The van der Waals surface area contributed by atoms with Crippen molar-refractivity contribution in [2.45, 2.75) is 31.8 Å². The highest BCUT2D eigenvalue weighted by molar-refractivity contribution is 7.98. The summed E-state index contributed by atoms with van der Waals surface area (Å²) < 4.78 is 0. The first-order valence-electron chi connectivity index (χ1n) is 5.77. The van der Waals surface area contributed by atoms with E-state index in [0.29, 0.717) is 0 Å². The molecule has 14 heavy (non-hydrogen) atoms. The Kier molecular flexibility index (Phi) is 3.74. The normalized spacial score (nSPS) is 34.7. The fraction of sp³-hybridized carbons (Fsp3) is 1.00. The molecule has 0 bridgehead atoms. The van der Waals surface area contributed by atoms with Crippen molar-refractivity contribution in [1.82, 2.24) is 10.2 Å². The van der Waals surface area contributed by atoms with Gasteiger partial charge in [-0.1, -0.05) is 0 Å². The van der Waals surface area contributed by atoms with Crippen LogP contribution in [-0.4, -0.2) is 48.6 Å². The molecule has 82 valence electrons. The number of rotatable bonds is 4. The number of nitrogens with zero attached hydrogens (tertiary/aromatic N) is 1. The van der Waals surface area contributed by atoms with Crippen LogP contribution in [0.15, 0.2) is 0 Å². The highest BCUT2D eigenvalue weighted by Crippen LogP contribution is 2.34. The van der Waals surface area contributed by atoms with Gasteiger partial charge in [-0.05, 0) is 31.9 Å². The Balaban J connectivity index is 1.79. The fourth-order valence-corrected chi connectivity index (χ4v) is 2.70. The van der Waals surface area contributed by atoms with Gasteiger partial charge in [-0.3, -0.25) is 4.90 Å². The lowest BCUT2D eigenvalue weighted by Gasteiger charge is -2.39. The molecule has 0 aromatic heterocycles. The standard InChI is InChI=1S/C11H22N2S/c1-9-7-12-11(10-3-4-10)8-13(9)5-6-14-2/h9-12H,3-8H2,1-2H3. The van der Waals surface area contributed by atoms with E-state index in [1.54, 1.807) is 0 Å². The van der Waals surface area contributed by atoms with Gasteiger partial charge in [0, 0.05) is 37.5 Å². The Morgan fingerprint density at radius 2 is 2.21 bits per heavy atom. The highest BCUT2D eigenvalue weighted by atomic mass is 32.2. The van der Waals surface area contributed by atoms with Gasteiger partial charge in [0.2, 0.25) is 0 Å². The zero-order chi connectivity index (χ0) is 9.97. The molecular formula is C11H22N2S. The summed E-state index contributed by atoms with van der Waals surface area (Å²) in [7, 11) is 0. The molecule has 0 aromatic rings. The van der Waals surface area contributed by atoms with Crippen molar-refractivity contribution in [1.29, 1.82) is 0 Å². The Hall–Kier alpha value is 0.270. The predicted molar refractivity (Wildman–Crippen MR) is 63.9 cm³/mol. The molecule has 3 heteroatoms. The summed E-state index contributed by atoms with van der Waals surface area (Å²) >= 11 is 1.96. The van der Waals surface area contributed by atoms with Crippen molar-refractivity contribution in [3.05, 3.63) is 0 Å². The van der Waals surface area contributed by atoms with E-state index in [4.69, 9.17) is 0 Å². The predicted octanol–water partition coefficient (Wildman–Crippen LogP) is 1.42. The lowest BCUT2D eigenvalue weighted by atomic mass is 10.1. The van der Waals surface area contributed by atoms with Gasteiger partial charge in [-0.25, -0.2) is 0 Å². The van der Waals surface area contributed by atoms with Gasteiger partial charge in [0.1, 0.15) is 0 Å². The van der Waals surface area contributed by atoms with Gasteiger partial charge >= 0.3 is 0 Å². The van der Waals surface area contributed by atoms with Crippen LogP contribution in [0.2, 0.25) is 0 Å². The molecule has 1 heterocycles. The van der Waals surface area contributed by atoms with Crippen LogP contribution >= 0.6 is 11.8 Å². The van der Waals surface area contributed by atoms with E-state index in [0.717, 1.165) is 18.0 Å². The average Bonchev–Trinajstić information content (AvgIpc) is 3.00. The third kappa shape index (κ3) is 2.65. The lowest BCUT2D eigenvalue weighted by Crippen LogP contribution is -2.56. The molecule has 2 unspecified atom stereocenters. The largest absolute Gasteiger partial charge is 0.311 e. The SMILES string of the molecule is CSCCN1CC(C2CC2)NCC1C. The molecule has 2 aliphatic rings.